The number of carbonyl (C=O) groups is 1. The van der Waals surface area contributed by atoms with Crippen LogP contribution in [0.25, 0.3) is 0 Å². The van der Waals surface area contributed by atoms with Gasteiger partial charge in [-0.2, -0.15) is 0 Å². The van der Waals surface area contributed by atoms with Gasteiger partial charge in [-0.15, -0.1) is 0 Å². The van der Waals surface area contributed by atoms with Crippen LogP contribution in [0.1, 0.15) is 39.3 Å². The molecule has 1 unspecified atom stereocenters. The molecule has 0 saturated carbocycles. The van der Waals surface area contributed by atoms with Crippen molar-refractivity contribution in [1.29, 1.82) is 0 Å². The van der Waals surface area contributed by atoms with Gasteiger partial charge in [0.25, 0.3) is 0 Å². The molecule has 1 atom stereocenters. The Labute approximate surface area is 121 Å². The third-order valence-corrected chi connectivity index (χ3v) is 2.91. The molecule has 0 radical (unpaired) electrons. The average Bonchev–Trinajstić information content (AvgIpc) is 2.41. The summed E-state index contributed by atoms with van der Waals surface area (Å²) in [7, 11) is 0. The summed E-state index contributed by atoms with van der Waals surface area (Å²) in [4.78, 5) is 10.8. The highest BCUT2D eigenvalue weighted by Crippen LogP contribution is 2.17. The molecule has 1 aromatic carbocycles. The number of rotatable bonds is 8. The minimum absolute atomic E-state index is 0.00565. The third-order valence-electron chi connectivity index (χ3n) is 2.91. The predicted octanol–water partition coefficient (Wildman–Crippen LogP) is 2.51. The van der Waals surface area contributed by atoms with E-state index in [4.69, 9.17) is 4.74 Å². The number of carbonyl (C=O) groups excluding carboxylic acids is 1. The summed E-state index contributed by atoms with van der Waals surface area (Å²) in [6.45, 7) is 10.0. The van der Waals surface area contributed by atoms with E-state index in [2.05, 4.69) is 43.5 Å². The van der Waals surface area contributed by atoms with Gasteiger partial charge in [0.1, 0.15) is 5.75 Å². The molecule has 0 saturated heterocycles. The van der Waals surface area contributed by atoms with Crippen molar-refractivity contribution < 1.29 is 9.53 Å². The first kappa shape index (κ1) is 16.5. The number of hydrogen-bond acceptors (Lipinski definition) is 3. The number of ether oxygens (including phenoxy) is 1. The highest BCUT2D eigenvalue weighted by molar-refractivity contribution is 5.72. The molecule has 1 amide bonds. The van der Waals surface area contributed by atoms with Crippen LogP contribution in [0.5, 0.6) is 5.75 Å². The first-order valence-corrected chi connectivity index (χ1v) is 7.19. The lowest BCUT2D eigenvalue weighted by Gasteiger charge is -2.15. The molecular formula is C16H26N2O2. The van der Waals surface area contributed by atoms with Gasteiger partial charge < -0.3 is 15.4 Å². The Morgan fingerprint density at radius 1 is 1.15 bits per heavy atom. The summed E-state index contributed by atoms with van der Waals surface area (Å²) < 4.78 is 5.66. The standard InChI is InChI=1S/C16H26N2O2/c1-12(2)11-20-16-7-5-15(6-8-16)13(3)17-9-10-18-14(4)19/h5-8,12-13,17H,9-11H2,1-4H3,(H,18,19). The molecule has 1 rings (SSSR count). The molecule has 112 valence electrons. The predicted molar refractivity (Wildman–Crippen MR) is 81.9 cm³/mol. The molecule has 0 aliphatic rings. The van der Waals surface area contributed by atoms with Crippen LogP contribution in [0, 0.1) is 5.92 Å². The lowest BCUT2D eigenvalue weighted by molar-refractivity contribution is -0.118. The maximum atomic E-state index is 10.8. The summed E-state index contributed by atoms with van der Waals surface area (Å²) >= 11 is 0. The van der Waals surface area contributed by atoms with Crippen molar-refractivity contribution in [2.75, 3.05) is 19.7 Å². The van der Waals surface area contributed by atoms with Gasteiger partial charge in [0.05, 0.1) is 6.61 Å². The van der Waals surface area contributed by atoms with E-state index in [1.807, 2.05) is 12.1 Å². The third kappa shape index (κ3) is 6.57. The first-order valence-electron chi connectivity index (χ1n) is 7.19. The van der Waals surface area contributed by atoms with E-state index in [1.165, 1.54) is 12.5 Å². The van der Waals surface area contributed by atoms with Gasteiger partial charge in [0.15, 0.2) is 0 Å². The fourth-order valence-corrected chi connectivity index (χ4v) is 1.76. The van der Waals surface area contributed by atoms with E-state index >= 15 is 0 Å². The SMILES string of the molecule is CC(=O)NCCNC(C)c1ccc(OCC(C)C)cc1. The summed E-state index contributed by atoms with van der Waals surface area (Å²) in [5.74, 6) is 1.45. The van der Waals surface area contributed by atoms with Gasteiger partial charge in [-0.05, 0) is 30.5 Å². The molecule has 0 aromatic heterocycles. The second-order valence-corrected chi connectivity index (χ2v) is 5.43. The minimum Gasteiger partial charge on any atom is -0.493 e. The van der Waals surface area contributed by atoms with Crippen LogP contribution in [-0.2, 0) is 4.79 Å². The van der Waals surface area contributed by atoms with Gasteiger partial charge in [-0.1, -0.05) is 26.0 Å². The van der Waals surface area contributed by atoms with E-state index in [0.717, 1.165) is 18.9 Å². The topological polar surface area (TPSA) is 50.4 Å². The largest absolute Gasteiger partial charge is 0.493 e. The molecule has 0 aliphatic carbocycles. The quantitative estimate of drug-likeness (QED) is 0.718. The van der Waals surface area contributed by atoms with Gasteiger partial charge in [0.2, 0.25) is 5.91 Å². The van der Waals surface area contributed by atoms with Crippen LogP contribution in [0.2, 0.25) is 0 Å². The molecule has 0 heterocycles. The molecule has 0 spiro atoms. The zero-order chi connectivity index (χ0) is 15.0. The number of benzene rings is 1. The van der Waals surface area contributed by atoms with Crippen molar-refractivity contribution in [3.05, 3.63) is 29.8 Å². The van der Waals surface area contributed by atoms with Crippen LogP contribution in [0.4, 0.5) is 0 Å². The van der Waals surface area contributed by atoms with E-state index in [0.29, 0.717) is 12.5 Å². The van der Waals surface area contributed by atoms with E-state index in [9.17, 15) is 4.79 Å². The van der Waals surface area contributed by atoms with Crippen molar-refractivity contribution in [3.8, 4) is 5.75 Å². The van der Waals surface area contributed by atoms with Crippen LogP contribution >= 0.6 is 0 Å². The smallest absolute Gasteiger partial charge is 0.216 e. The van der Waals surface area contributed by atoms with E-state index in [-0.39, 0.29) is 11.9 Å². The Hall–Kier alpha value is -1.55. The molecule has 4 nitrogen and oxygen atoms in total. The van der Waals surface area contributed by atoms with Crippen LogP contribution in [0.15, 0.2) is 24.3 Å². The second kappa shape index (κ2) is 8.59. The minimum atomic E-state index is 0.00565. The molecule has 0 aliphatic heterocycles. The molecular weight excluding hydrogens is 252 g/mol. The molecule has 1 aromatic rings. The van der Waals surface area contributed by atoms with E-state index < -0.39 is 0 Å². The van der Waals surface area contributed by atoms with Gasteiger partial charge in [0, 0.05) is 26.1 Å². The van der Waals surface area contributed by atoms with Crippen molar-refractivity contribution in [2.24, 2.45) is 5.92 Å². The number of hydrogen-bond donors (Lipinski definition) is 2. The van der Waals surface area contributed by atoms with E-state index in [1.54, 1.807) is 0 Å². The summed E-state index contributed by atoms with van der Waals surface area (Å²) in [6, 6.07) is 8.41. The number of amides is 1. The fourth-order valence-electron chi connectivity index (χ4n) is 1.76. The summed E-state index contributed by atoms with van der Waals surface area (Å²) in [6.07, 6.45) is 0. The van der Waals surface area contributed by atoms with Gasteiger partial charge in [-0.25, -0.2) is 0 Å². The fraction of sp³-hybridized carbons (Fsp3) is 0.562. The number of nitrogens with one attached hydrogen (secondary N) is 2. The highest BCUT2D eigenvalue weighted by Gasteiger charge is 2.05. The second-order valence-electron chi connectivity index (χ2n) is 5.43. The maximum absolute atomic E-state index is 10.8. The Kier molecular flexibility index (Phi) is 7.09. The van der Waals surface area contributed by atoms with Crippen LogP contribution < -0.4 is 15.4 Å². The zero-order valence-electron chi connectivity index (χ0n) is 12.9. The Morgan fingerprint density at radius 2 is 1.80 bits per heavy atom. The monoisotopic (exact) mass is 278 g/mol. The zero-order valence-corrected chi connectivity index (χ0v) is 12.9. The molecule has 20 heavy (non-hydrogen) atoms. The molecule has 2 N–H and O–H groups in total. The molecule has 0 fully saturated rings. The maximum Gasteiger partial charge on any atom is 0.216 e. The Balaban J connectivity index is 2.37. The molecule has 0 bridgehead atoms. The average molecular weight is 278 g/mol. The normalized spacial score (nSPS) is 12.2. The van der Waals surface area contributed by atoms with Crippen LogP contribution in [-0.4, -0.2) is 25.6 Å². The first-order chi connectivity index (χ1) is 9.49. The molecule has 4 heteroatoms. The Bertz CT molecular complexity index is 401. The summed E-state index contributed by atoms with van der Waals surface area (Å²) in [5, 5.41) is 6.14. The van der Waals surface area contributed by atoms with Crippen LogP contribution in [0.3, 0.4) is 0 Å². The van der Waals surface area contributed by atoms with Crippen molar-refractivity contribution in [3.63, 3.8) is 0 Å². The highest BCUT2D eigenvalue weighted by atomic mass is 16.5. The lowest BCUT2D eigenvalue weighted by atomic mass is 10.1. The van der Waals surface area contributed by atoms with Crippen molar-refractivity contribution in [1.82, 2.24) is 10.6 Å². The lowest BCUT2D eigenvalue weighted by Crippen LogP contribution is -2.31. The van der Waals surface area contributed by atoms with Gasteiger partial charge in [-0.3, -0.25) is 4.79 Å². The summed E-state index contributed by atoms with van der Waals surface area (Å²) in [5.41, 5.74) is 1.21. The Morgan fingerprint density at radius 3 is 2.35 bits per heavy atom. The van der Waals surface area contributed by atoms with Crippen molar-refractivity contribution in [2.45, 2.75) is 33.7 Å². The van der Waals surface area contributed by atoms with Gasteiger partial charge >= 0.3 is 0 Å². The van der Waals surface area contributed by atoms with Crippen molar-refractivity contribution >= 4 is 5.91 Å².